The van der Waals surface area contributed by atoms with Crippen LogP contribution >= 0.6 is 0 Å². The lowest BCUT2D eigenvalue weighted by molar-refractivity contribution is -0.139. The first kappa shape index (κ1) is 30.9. The Morgan fingerprint density at radius 1 is 0.929 bits per heavy atom. The maximum atomic E-state index is 13.8. The monoisotopic (exact) mass is 593 g/mol. The highest BCUT2D eigenvalue weighted by molar-refractivity contribution is 7.92. The Morgan fingerprint density at radius 3 is 2.24 bits per heavy atom. The minimum absolute atomic E-state index is 0.0869. The molecule has 10 heteroatoms. The van der Waals surface area contributed by atoms with Gasteiger partial charge in [-0.25, -0.2) is 8.42 Å². The topological polar surface area (TPSA) is 105 Å². The Morgan fingerprint density at radius 2 is 1.60 bits per heavy atom. The van der Waals surface area contributed by atoms with Gasteiger partial charge in [-0.1, -0.05) is 55.3 Å². The lowest BCUT2D eigenvalue weighted by atomic mass is 10.1. The van der Waals surface area contributed by atoms with Crippen LogP contribution in [0.15, 0.2) is 78.9 Å². The Labute approximate surface area is 248 Å². The molecule has 1 fully saturated rings. The van der Waals surface area contributed by atoms with Gasteiger partial charge in [0.05, 0.1) is 19.1 Å². The van der Waals surface area contributed by atoms with Gasteiger partial charge in [0.1, 0.15) is 30.7 Å². The summed E-state index contributed by atoms with van der Waals surface area (Å²) < 4.78 is 38.0. The molecule has 2 amide bonds. The number of carbonyl (C=O) groups is 2. The number of nitrogens with one attached hydrogen (secondary N) is 1. The van der Waals surface area contributed by atoms with E-state index in [9.17, 15) is 18.0 Å². The van der Waals surface area contributed by atoms with Crippen molar-refractivity contribution in [3.8, 4) is 11.5 Å². The molecule has 1 atom stereocenters. The van der Waals surface area contributed by atoms with Crippen molar-refractivity contribution >= 4 is 27.5 Å². The fraction of sp³-hybridized carbons (Fsp3) is 0.375. The van der Waals surface area contributed by atoms with E-state index in [0.29, 0.717) is 23.8 Å². The van der Waals surface area contributed by atoms with Crippen LogP contribution in [0.25, 0.3) is 0 Å². The van der Waals surface area contributed by atoms with E-state index in [2.05, 4.69) is 5.32 Å². The molecule has 0 unspecified atom stereocenters. The van der Waals surface area contributed by atoms with Crippen LogP contribution in [0.5, 0.6) is 11.5 Å². The Bertz CT molecular complexity index is 1440. The number of hydrogen-bond acceptors (Lipinski definition) is 6. The maximum Gasteiger partial charge on any atom is 0.244 e. The van der Waals surface area contributed by atoms with Gasteiger partial charge in [-0.3, -0.25) is 13.9 Å². The smallest absolute Gasteiger partial charge is 0.244 e. The molecule has 1 N–H and O–H groups in total. The van der Waals surface area contributed by atoms with Crippen LogP contribution in [0.4, 0.5) is 5.69 Å². The van der Waals surface area contributed by atoms with Crippen molar-refractivity contribution in [1.29, 1.82) is 0 Å². The second kappa shape index (κ2) is 14.2. The van der Waals surface area contributed by atoms with Crippen molar-refractivity contribution in [2.75, 3.05) is 24.2 Å². The molecule has 3 aromatic carbocycles. The number of anilines is 1. The molecule has 0 spiro atoms. The van der Waals surface area contributed by atoms with E-state index >= 15 is 0 Å². The summed E-state index contributed by atoms with van der Waals surface area (Å²) in [5.41, 5.74) is 2.09. The second-order valence-corrected chi connectivity index (χ2v) is 12.5. The van der Waals surface area contributed by atoms with Crippen LogP contribution in [-0.4, -0.2) is 57.1 Å². The molecule has 1 saturated carbocycles. The SMILES string of the molecule is COc1cccc(CN(C(=O)CN(c2ccc(OCc3ccccc3)cc2)S(C)(=O)=O)[C@H](C)C(=O)NC2CCCC2)c1. The van der Waals surface area contributed by atoms with Crippen molar-refractivity contribution in [3.05, 3.63) is 90.0 Å². The standard InChI is InChI=1S/C32H39N3O6S/c1-24(32(37)33-27-13-7-8-14-27)34(21-26-12-9-15-30(20-26)40-2)31(36)22-35(42(3,38)39)28-16-18-29(19-17-28)41-23-25-10-5-4-6-11-25/h4-6,9-12,15-20,24,27H,7-8,13-14,21-23H2,1-3H3,(H,33,37)/t24-/m1/s1. The number of sulfonamides is 1. The lowest BCUT2D eigenvalue weighted by Crippen LogP contribution is -2.52. The van der Waals surface area contributed by atoms with E-state index in [1.807, 2.05) is 42.5 Å². The van der Waals surface area contributed by atoms with Crippen molar-refractivity contribution in [1.82, 2.24) is 10.2 Å². The minimum atomic E-state index is -3.84. The highest BCUT2D eigenvalue weighted by Gasteiger charge is 2.31. The summed E-state index contributed by atoms with van der Waals surface area (Å²) >= 11 is 0. The molecule has 0 saturated heterocycles. The van der Waals surface area contributed by atoms with Crippen molar-refractivity contribution < 1.29 is 27.5 Å². The Hall–Kier alpha value is -4.05. The summed E-state index contributed by atoms with van der Waals surface area (Å²) in [7, 11) is -2.28. The minimum Gasteiger partial charge on any atom is -0.497 e. The molecule has 0 heterocycles. The lowest BCUT2D eigenvalue weighted by Gasteiger charge is -2.32. The third kappa shape index (κ3) is 8.48. The van der Waals surface area contributed by atoms with Crippen molar-refractivity contribution in [3.63, 3.8) is 0 Å². The van der Waals surface area contributed by atoms with E-state index in [-0.39, 0.29) is 18.5 Å². The molecule has 224 valence electrons. The third-order valence-electron chi connectivity index (χ3n) is 7.41. The zero-order chi connectivity index (χ0) is 30.1. The first-order chi connectivity index (χ1) is 20.1. The third-order valence-corrected chi connectivity index (χ3v) is 8.55. The summed E-state index contributed by atoms with van der Waals surface area (Å²) in [6, 6.07) is 22.8. The molecule has 3 aromatic rings. The van der Waals surface area contributed by atoms with Gasteiger partial charge >= 0.3 is 0 Å². The molecule has 9 nitrogen and oxygen atoms in total. The highest BCUT2D eigenvalue weighted by Crippen LogP contribution is 2.24. The summed E-state index contributed by atoms with van der Waals surface area (Å²) in [4.78, 5) is 28.5. The van der Waals surface area contributed by atoms with Gasteiger partial charge in [-0.05, 0) is 67.3 Å². The van der Waals surface area contributed by atoms with Gasteiger partial charge in [-0.2, -0.15) is 0 Å². The predicted molar refractivity (Wildman–Crippen MR) is 163 cm³/mol. The van der Waals surface area contributed by atoms with Gasteiger partial charge in [-0.15, -0.1) is 0 Å². The zero-order valence-corrected chi connectivity index (χ0v) is 25.2. The number of benzene rings is 3. The molecule has 0 bridgehead atoms. The molecule has 0 aliphatic heterocycles. The number of methoxy groups -OCH3 is 1. The molecule has 4 rings (SSSR count). The summed E-state index contributed by atoms with van der Waals surface area (Å²) in [5, 5.41) is 3.06. The number of carbonyl (C=O) groups excluding carboxylic acids is 2. The maximum absolute atomic E-state index is 13.8. The van der Waals surface area contributed by atoms with Crippen molar-refractivity contribution in [2.24, 2.45) is 0 Å². The molecule has 1 aliphatic carbocycles. The van der Waals surface area contributed by atoms with Crippen LogP contribution in [0.3, 0.4) is 0 Å². The first-order valence-electron chi connectivity index (χ1n) is 14.1. The van der Waals surface area contributed by atoms with Crippen LogP contribution in [-0.2, 0) is 32.8 Å². The second-order valence-electron chi connectivity index (χ2n) is 10.6. The van der Waals surface area contributed by atoms with E-state index in [4.69, 9.17) is 9.47 Å². The predicted octanol–water partition coefficient (Wildman–Crippen LogP) is 4.52. The largest absolute Gasteiger partial charge is 0.497 e. The molecular formula is C32H39N3O6S. The Balaban J connectivity index is 1.53. The number of amides is 2. The van der Waals surface area contributed by atoms with Crippen LogP contribution in [0.1, 0.15) is 43.7 Å². The molecule has 42 heavy (non-hydrogen) atoms. The highest BCUT2D eigenvalue weighted by atomic mass is 32.2. The molecule has 0 radical (unpaired) electrons. The average molecular weight is 594 g/mol. The van der Waals surface area contributed by atoms with Gasteiger partial charge in [0, 0.05) is 12.6 Å². The average Bonchev–Trinajstić information content (AvgIpc) is 3.50. The number of hydrogen-bond donors (Lipinski definition) is 1. The summed E-state index contributed by atoms with van der Waals surface area (Å²) in [6.45, 7) is 1.69. The van der Waals surface area contributed by atoms with Crippen LogP contribution in [0, 0.1) is 0 Å². The summed E-state index contributed by atoms with van der Waals surface area (Å²) in [5.74, 6) is 0.431. The normalized spacial score (nSPS) is 14.2. The van der Waals surface area contributed by atoms with Gasteiger partial charge in [0.2, 0.25) is 21.8 Å². The molecule has 1 aliphatic rings. The van der Waals surface area contributed by atoms with Crippen LogP contribution in [0.2, 0.25) is 0 Å². The van der Waals surface area contributed by atoms with E-state index in [1.165, 1.54) is 4.90 Å². The Kier molecular flexibility index (Phi) is 10.5. The fourth-order valence-electron chi connectivity index (χ4n) is 5.01. The number of nitrogens with zero attached hydrogens (tertiary/aromatic N) is 2. The van der Waals surface area contributed by atoms with Gasteiger partial charge in [0.25, 0.3) is 0 Å². The van der Waals surface area contributed by atoms with Crippen LogP contribution < -0.4 is 19.1 Å². The van der Waals surface area contributed by atoms with E-state index in [0.717, 1.165) is 47.4 Å². The first-order valence-corrected chi connectivity index (χ1v) is 16.0. The summed E-state index contributed by atoms with van der Waals surface area (Å²) in [6.07, 6.45) is 5.00. The number of ether oxygens (including phenoxy) is 2. The zero-order valence-electron chi connectivity index (χ0n) is 24.4. The molecular weight excluding hydrogens is 554 g/mol. The van der Waals surface area contributed by atoms with E-state index in [1.54, 1.807) is 50.4 Å². The number of rotatable bonds is 13. The van der Waals surface area contributed by atoms with Gasteiger partial charge in [0.15, 0.2) is 0 Å². The fourth-order valence-corrected chi connectivity index (χ4v) is 5.85. The molecule has 0 aromatic heterocycles. The quantitative estimate of drug-likeness (QED) is 0.313. The van der Waals surface area contributed by atoms with Crippen molar-refractivity contribution in [2.45, 2.75) is 57.8 Å². The van der Waals surface area contributed by atoms with E-state index < -0.39 is 28.5 Å². The van der Waals surface area contributed by atoms with Gasteiger partial charge < -0.3 is 19.7 Å².